The minimum atomic E-state index is -1.01. The predicted octanol–water partition coefficient (Wildman–Crippen LogP) is 6.27. The minimum absolute atomic E-state index is 0.0592. The van der Waals surface area contributed by atoms with Crippen LogP contribution in [0.1, 0.15) is 35.1 Å². The first kappa shape index (κ1) is 21.6. The van der Waals surface area contributed by atoms with Crippen molar-refractivity contribution in [2.75, 3.05) is 6.61 Å². The molecule has 4 rings (SSSR count). The van der Waals surface area contributed by atoms with Crippen LogP contribution in [-0.4, -0.2) is 23.8 Å². The third-order valence-corrected chi connectivity index (χ3v) is 6.22. The van der Waals surface area contributed by atoms with Gasteiger partial charge in [0.1, 0.15) is 6.61 Å². The monoisotopic (exact) mass is 543 g/mol. The maximum absolute atomic E-state index is 12.6. The van der Waals surface area contributed by atoms with Crippen molar-refractivity contribution < 1.29 is 19.4 Å². The second-order valence-electron chi connectivity index (χ2n) is 7.32. The Balaban J connectivity index is 1.49. The molecule has 0 heterocycles. The maximum Gasteiger partial charge on any atom is 0.407 e. The van der Waals surface area contributed by atoms with Gasteiger partial charge in [-0.2, -0.15) is 0 Å². The summed E-state index contributed by atoms with van der Waals surface area (Å²) in [5, 5.41) is 12.0. The smallest absolute Gasteiger partial charge is 0.407 e. The molecule has 0 unspecified atom stereocenters. The SMILES string of the molecule is O=C(O)C[C@H](NC(=O)OCC1c2ccccc2-c2ccccc21)c1cc(Br)cc(Br)c1. The van der Waals surface area contributed by atoms with Gasteiger partial charge in [-0.1, -0.05) is 80.4 Å². The van der Waals surface area contributed by atoms with E-state index in [1.54, 1.807) is 12.1 Å². The number of nitrogens with one attached hydrogen (secondary N) is 1. The van der Waals surface area contributed by atoms with Crippen molar-refractivity contribution in [3.63, 3.8) is 0 Å². The zero-order chi connectivity index (χ0) is 22.0. The lowest BCUT2D eigenvalue weighted by molar-refractivity contribution is -0.137. The summed E-state index contributed by atoms with van der Waals surface area (Å²) in [5.41, 5.74) is 5.20. The van der Waals surface area contributed by atoms with Crippen molar-refractivity contribution in [3.8, 4) is 11.1 Å². The second kappa shape index (κ2) is 9.24. The van der Waals surface area contributed by atoms with Gasteiger partial charge in [-0.3, -0.25) is 4.79 Å². The normalized spacial score (nSPS) is 13.2. The number of carboxylic acids is 1. The lowest BCUT2D eigenvalue weighted by Gasteiger charge is -2.20. The molecule has 0 aliphatic heterocycles. The standard InChI is InChI=1S/C24H19Br2NO4/c25-15-9-14(10-16(26)11-15)22(12-23(28)29)27-24(30)31-13-21-19-7-3-1-5-17(19)18-6-2-4-8-20(18)21/h1-11,21-22H,12-13H2,(H,27,30)(H,28,29)/t22-/m0/s1. The van der Waals surface area contributed by atoms with Gasteiger partial charge in [0.25, 0.3) is 0 Å². The molecule has 31 heavy (non-hydrogen) atoms. The van der Waals surface area contributed by atoms with Crippen LogP contribution in [0.3, 0.4) is 0 Å². The number of carbonyl (C=O) groups is 2. The van der Waals surface area contributed by atoms with Crippen LogP contribution in [0, 0.1) is 0 Å². The predicted molar refractivity (Wildman–Crippen MR) is 125 cm³/mol. The maximum atomic E-state index is 12.6. The molecule has 0 saturated heterocycles. The van der Waals surface area contributed by atoms with Gasteiger partial charge in [0.2, 0.25) is 0 Å². The Morgan fingerprint density at radius 3 is 2.03 bits per heavy atom. The first-order valence-electron chi connectivity index (χ1n) is 9.71. The Bertz CT molecular complexity index is 1080. The topological polar surface area (TPSA) is 75.6 Å². The fraction of sp³-hybridized carbons (Fsp3) is 0.167. The van der Waals surface area contributed by atoms with Gasteiger partial charge in [-0.25, -0.2) is 4.79 Å². The highest BCUT2D eigenvalue weighted by molar-refractivity contribution is 9.11. The highest BCUT2D eigenvalue weighted by Gasteiger charge is 2.29. The lowest BCUT2D eigenvalue weighted by atomic mass is 9.98. The van der Waals surface area contributed by atoms with Gasteiger partial charge < -0.3 is 15.2 Å². The third-order valence-electron chi connectivity index (χ3n) is 5.30. The molecule has 0 bridgehead atoms. The summed E-state index contributed by atoms with van der Waals surface area (Å²) < 4.78 is 7.13. The van der Waals surface area contributed by atoms with Crippen molar-refractivity contribution in [1.82, 2.24) is 5.32 Å². The molecule has 158 valence electrons. The van der Waals surface area contributed by atoms with E-state index in [0.29, 0.717) is 5.56 Å². The van der Waals surface area contributed by atoms with E-state index in [0.717, 1.165) is 31.2 Å². The summed E-state index contributed by atoms with van der Waals surface area (Å²) in [6.45, 7) is 0.168. The van der Waals surface area contributed by atoms with Crippen LogP contribution < -0.4 is 5.32 Å². The van der Waals surface area contributed by atoms with E-state index in [1.165, 1.54) is 0 Å². The largest absolute Gasteiger partial charge is 0.481 e. The molecule has 3 aromatic rings. The van der Waals surface area contributed by atoms with Gasteiger partial charge >= 0.3 is 12.1 Å². The number of ether oxygens (including phenoxy) is 1. The molecule has 0 saturated carbocycles. The number of halogens is 2. The Morgan fingerprint density at radius 2 is 1.48 bits per heavy atom. The summed E-state index contributed by atoms with van der Waals surface area (Å²) in [5.74, 6) is -1.07. The van der Waals surface area contributed by atoms with Crippen LogP contribution in [0.2, 0.25) is 0 Å². The summed E-state index contributed by atoms with van der Waals surface area (Å²) in [4.78, 5) is 24.0. The molecule has 0 radical (unpaired) electrons. The van der Waals surface area contributed by atoms with Crippen LogP contribution in [0.5, 0.6) is 0 Å². The molecule has 1 atom stereocenters. The molecule has 0 aromatic heterocycles. The zero-order valence-electron chi connectivity index (χ0n) is 16.3. The van der Waals surface area contributed by atoms with Gasteiger partial charge in [0.15, 0.2) is 0 Å². The van der Waals surface area contributed by atoms with Crippen LogP contribution in [-0.2, 0) is 9.53 Å². The Kier molecular flexibility index (Phi) is 6.43. The van der Waals surface area contributed by atoms with Crippen molar-refractivity contribution in [3.05, 3.63) is 92.4 Å². The van der Waals surface area contributed by atoms with E-state index in [4.69, 9.17) is 4.74 Å². The highest BCUT2D eigenvalue weighted by atomic mass is 79.9. The molecule has 5 nitrogen and oxygen atoms in total. The fourth-order valence-corrected chi connectivity index (χ4v) is 5.31. The van der Waals surface area contributed by atoms with Crippen LogP contribution in [0.15, 0.2) is 75.7 Å². The van der Waals surface area contributed by atoms with E-state index in [2.05, 4.69) is 49.3 Å². The van der Waals surface area contributed by atoms with Crippen molar-refractivity contribution in [2.24, 2.45) is 0 Å². The summed E-state index contributed by atoms with van der Waals surface area (Å²) >= 11 is 6.80. The van der Waals surface area contributed by atoms with E-state index < -0.39 is 18.1 Å². The number of hydrogen-bond donors (Lipinski definition) is 2. The zero-order valence-corrected chi connectivity index (χ0v) is 19.5. The molecular weight excluding hydrogens is 526 g/mol. The van der Waals surface area contributed by atoms with Crippen molar-refractivity contribution >= 4 is 43.9 Å². The number of carboxylic acid groups (broad SMARTS) is 1. The molecule has 0 spiro atoms. The van der Waals surface area contributed by atoms with Gasteiger partial charge in [0.05, 0.1) is 12.5 Å². The van der Waals surface area contributed by atoms with Crippen LogP contribution in [0.4, 0.5) is 4.79 Å². The number of fused-ring (bicyclic) bond motifs is 3. The lowest BCUT2D eigenvalue weighted by Crippen LogP contribution is -2.31. The Morgan fingerprint density at radius 1 is 0.935 bits per heavy atom. The first-order chi connectivity index (χ1) is 14.9. The summed E-state index contributed by atoms with van der Waals surface area (Å²) in [7, 11) is 0. The molecule has 0 fully saturated rings. The van der Waals surface area contributed by atoms with Crippen molar-refractivity contribution in [2.45, 2.75) is 18.4 Å². The third kappa shape index (κ3) is 4.83. The summed E-state index contributed by atoms with van der Waals surface area (Å²) in [6.07, 6.45) is -0.906. The number of alkyl carbamates (subject to hydrolysis) is 1. The number of carbonyl (C=O) groups excluding carboxylic acids is 1. The summed E-state index contributed by atoms with van der Waals surface area (Å²) in [6, 6.07) is 20.9. The van der Waals surface area contributed by atoms with Gasteiger partial charge in [-0.15, -0.1) is 0 Å². The average molecular weight is 545 g/mol. The van der Waals surface area contributed by atoms with Crippen LogP contribution in [0.25, 0.3) is 11.1 Å². The number of aliphatic carboxylic acids is 1. The van der Waals surface area contributed by atoms with E-state index in [-0.39, 0.29) is 18.9 Å². The molecular formula is C24H19Br2NO4. The first-order valence-corrected chi connectivity index (χ1v) is 11.3. The average Bonchev–Trinajstić information content (AvgIpc) is 3.05. The molecule has 1 aliphatic rings. The van der Waals surface area contributed by atoms with Crippen LogP contribution >= 0.6 is 31.9 Å². The highest BCUT2D eigenvalue weighted by Crippen LogP contribution is 2.44. The van der Waals surface area contributed by atoms with Gasteiger partial charge in [0, 0.05) is 14.9 Å². The number of rotatable bonds is 6. The Labute approximate surface area is 196 Å². The quantitative estimate of drug-likeness (QED) is 0.383. The molecule has 7 heteroatoms. The Hall–Kier alpha value is -2.64. The van der Waals surface area contributed by atoms with E-state index in [1.807, 2.05) is 42.5 Å². The van der Waals surface area contributed by atoms with E-state index in [9.17, 15) is 14.7 Å². The van der Waals surface area contributed by atoms with E-state index >= 15 is 0 Å². The number of benzene rings is 3. The molecule has 2 N–H and O–H groups in total. The number of amides is 1. The number of hydrogen-bond acceptors (Lipinski definition) is 3. The fourth-order valence-electron chi connectivity index (χ4n) is 3.99. The van der Waals surface area contributed by atoms with Crippen molar-refractivity contribution in [1.29, 1.82) is 0 Å². The second-order valence-corrected chi connectivity index (χ2v) is 9.15. The molecule has 3 aromatic carbocycles. The molecule has 1 amide bonds. The van der Waals surface area contributed by atoms with Gasteiger partial charge in [-0.05, 0) is 46.0 Å². The minimum Gasteiger partial charge on any atom is -0.481 e. The molecule has 1 aliphatic carbocycles.